The minimum atomic E-state index is -0.834. The maximum absolute atomic E-state index is 11.0. The van der Waals surface area contributed by atoms with Crippen LogP contribution in [0.1, 0.15) is 10.4 Å². The number of methoxy groups -OCH3 is 1. The molecule has 0 heterocycles. The molecule has 0 aliphatic rings. The van der Waals surface area contributed by atoms with Crippen molar-refractivity contribution in [1.29, 1.82) is 0 Å². The number of carbonyl (C=O) groups excluding carboxylic acids is 2. The van der Waals surface area contributed by atoms with Crippen LogP contribution < -0.4 is 15.8 Å². The van der Waals surface area contributed by atoms with Gasteiger partial charge in [0.1, 0.15) is 11.3 Å². The third-order valence-corrected chi connectivity index (χ3v) is 1.82. The van der Waals surface area contributed by atoms with Crippen molar-refractivity contribution in [2.45, 2.75) is 0 Å². The fraction of sp³-hybridized carbons (Fsp3) is 0.111. The molecule has 0 aromatic heterocycles. The quantitative estimate of drug-likeness (QED) is 0.483. The van der Waals surface area contributed by atoms with E-state index in [4.69, 9.17) is 10.5 Å². The molecule has 0 bridgehead atoms. The maximum atomic E-state index is 11.0. The molecule has 1 rings (SSSR count). The van der Waals surface area contributed by atoms with Crippen LogP contribution >= 0.6 is 0 Å². The van der Waals surface area contributed by atoms with Crippen molar-refractivity contribution in [1.82, 2.24) is 0 Å². The van der Waals surface area contributed by atoms with E-state index < -0.39 is 11.7 Å². The molecule has 0 radical (unpaired) electrons. The molecule has 80 valence electrons. The number of amides is 2. The summed E-state index contributed by atoms with van der Waals surface area (Å²) in [5.41, 5.74) is 5.00. The van der Waals surface area contributed by atoms with Gasteiger partial charge in [-0.3, -0.25) is 9.59 Å². The first-order chi connectivity index (χ1) is 7.11. The van der Waals surface area contributed by atoms with E-state index in [1.54, 1.807) is 0 Å². The number of primary amides is 1. The zero-order chi connectivity index (χ0) is 11.4. The lowest BCUT2D eigenvalue weighted by Crippen LogP contribution is -2.13. The Morgan fingerprint density at radius 1 is 1.60 bits per heavy atom. The third-order valence-electron chi connectivity index (χ3n) is 1.82. The zero-order valence-corrected chi connectivity index (χ0v) is 7.98. The summed E-state index contributed by atoms with van der Waals surface area (Å²) in [6.07, 6.45) is 0.381. The smallest absolute Gasteiger partial charge is 0.256 e. The normalized spacial score (nSPS) is 9.40. The summed E-state index contributed by atoms with van der Waals surface area (Å²) < 4.78 is 4.84. The lowest BCUT2D eigenvalue weighted by Gasteiger charge is -2.10. The number of nitrogens with two attached hydrogens (primary N) is 1. The number of benzene rings is 1. The fourth-order valence-corrected chi connectivity index (χ4v) is 1.16. The summed E-state index contributed by atoms with van der Waals surface area (Å²) in [4.78, 5) is 21.2. The van der Waals surface area contributed by atoms with Crippen LogP contribution in [-0.2, 0) is 4.79 Å². The molecule has 0 unspecified atom stereocenters. The second kappa shape index (κ2) is 4.32. The Balaban J connectivity index is 3.35. The highest BCUT2D eigenvalue weighted by molar-refractivity contribution is 6.01. The van der Waals surface area contributed by atoms with Gasteiger partial charge in [-0.1, -0.05) is 0 Å². The van der Waals surface area contributed by atoms with E-state index in [0.717, 1.165) is 0 Å². The molecule has 0 atom stereocenters. The fourth-order valence-electron chi connectivity index (χ4n) is 1.16. The molecule has 0 aliphatic heterocycles. The number of hydrogen-bond donors (Lipinski definition) is 3. The molecule has 4 N–H and O–H groups in total. The molecule has 0 saturated heterocycles. The van der Waals surface area contributed by atoms with Gasteiger partial charge in [-0.25, -0.2) is 0 Å². The van der Waals surface area contributed by atoms with Crippen molar-refractivity contribution < 1.29 is 19.4 Å². The average Bonchev–Trinajstić information content (AvgIpc) is 2.20. The molecule has 15 heavy (non-hydrogen) atoms. The molecule has 6 heteroatoms. The van der Waals surface area contributed by atoms with Crippen molar-refractivity contribution in [2.75, 3.05) is 12.4 Å². The summed E-state index contributed by atoms with van der Waals surface area (Å²) in [5, 5.41) is 11.8. The highest BCUT2D eigenvalue weighted by atomic mass is 16.5. The molecule has 1 aromatic carbocycles. The summed E-state index contributed by atoms with van der Waals surface area (Å²) >= 11 is 0. The molecule has 6 nitrogen and oxygen atoms in total. The molecule has 0 saturated carbocycles. The molecular weight excluding hydrogens is 200 g/mol. The highest BCUT2D eigenvalue weighted by Crippen LogP contribution is 2.33. The molecule has 0 spiro atoms. The summed E-state index contributed by atoms with van der Waals surface area (Å²) in [6, 6.07) is 2.82. The monoisotopic (exact) mass is 210 g/mol. The number of phenols is 1. The standard InChI is InChI=1S/C9H10N2O4/c1-15-6-3-2-5(11-4-12)8(13)7(6)9(10)14/h2-4,13H,1H3,(H2,10,14)(H,11,12). The lowest BCUT2D eigenvalue weighted by molar-refractivity contribution is -0.105. The lowest BCUT2D eigenvalue weighted by atomic mass is 10.1. The van der Waals surface area contributed by atoms with E-state index in [-0.39, 0.29) is 17.0 Å². The minimum Gasteiger partial charge on any atom is -0.505 e. The summed E-state index contributed by atoms with van der Waals surface area (Å²) in [5.74, 6) is -1.09. The van der Waals surface area contributed by atoms with Crippen LogP contribution in [0.15, 0.2) is 12.1 Å². The van der Waals surface area contributed by atoms with Gasteiger partial charge >= 0.3 is 0 Å². The van der Waals surface area contributed by atoms with Gasteiger partial charge in [0.05, 0.1) is 12.8 Å². The maximum Gasteiger partial charge on any atom is 0.256 e. The van der Waals surface area contributed by atoms with Crippen molar-refractivity contribution in [2.24, 2.45) is 5.73 Å². The van der Waals surface area contributed by atoms with Gasteiger partial charge in [0.15, 0.2) is 5.75 Å². The number of aromatic hydroxyl groups is 1. The van der Waals surface area contributed by atoms with E-state index >= 15 is 0 Å². The van der Waals surface area contributed by atoms with Crippen LogP contribution in [0, 0.1) is 0 Å². The van der Waals surface area contributed by atoms with E-state index in [9.17, 15) is 14.7 Å². The zero-order valence-electron chi connectivity index (χ0n) is 7.98. The molecule has 0 fully saturated rings. The minimum absolute atomic E-state index is 0.0969. The van der Waals surface area contributed by atoms with E-state index in [1.165, 1.54) is 19.2 Å². The van der Waals surface area contributed by atoms with Crippen LogP contribution in [0.25, 0.3) is 0 Å². The van der Waals surface area contributed by atoms with Gasteiger partial charge in [0.25, 0.3) is 5.91 Å². The van der Waals surface area contributed by atoms with Gasteiger partial charge in [-0.2, -0.15) is 0 Å². The Bertz CT molecular complexity index is 403. The Hall–Kier alpha value is -2.24. The Morgan fingerprint density at radius 3 is 2.73 bits per heavy atom. The largest absolute Gasteiger partial charge is 0.505 e. The third kappa shape index (κ3) is 1.98. The second-order valence-electron chi connectivity index (χ2n) is 2.67. The van der Waals surface area contributed by atoms with E-state index in [2.05, 4.69) is 5.32 Å². The topological polar surface area (TPSA) is 102 Å². The van der Waals surface area contributed by atoms with Crippen LogP contribution in [0.2, 0.25) is 0 Å². The number of carbonyl (C=O) groups is 2. The Labute approximate surface area is 85.6 Å². The predicted molar refractivity (Wildman–Crippen MR) is 52.9 cm³/mol. The number of ether oxygens (including phenoxy) is 1. The Morgan fingerprint density at radius 2 is 2.27 bits per heavy atom. The predicted octanol–water partition coefficient (Wildman–Crippen LogP) is 0.0680. The van der Waals surface area contributed by atoms with Gasteiger partial charge in [0, 0.05) is 0 Å². The van der Waals surface area contributed by atoms with Crippen molar-refractivity contribution in [3.05, 3.63) is 17.7 Å². The molecular formula is C9H10N2O4. The van der Waals surface area contributed by atoms with Crippen LogP contribution in [0.3, 0.4) is 0 Å². The Kier molecular flexibility index (Phi) is 3.12. The first kappa shape index (κ1) is 10.8. The number of anilines is 1. The van der Waals surface area contributed by atoms with Crippen LogP contribution in [0.5, 0.6) is 11.5 Å². The molecule has 0 aliphatic carbocycles. The SMILES string of the molecule is COc1ccc(NC=O)c(O)c1C(N)=O. The average molecular weight is 210 g/mol. The van der Waals surface area contributed by atoms with Gasteiger partial charge in [-0.05, 0) is 12.1 Å². The first-order valence-corrected chi connectivity index (χ1v) is 4.01. The van der Waals surface area contributed by atoms with E-state index in [0.29, 0.717) is 6.41 Å². The summed E-state index contributed by atoms with van der Waals surface area (Å²) in [7, 11) is 1.34. The molecule has 2 amide bonds. The second-order valence-corrected chi connectivity index (χ2v) is 2.67. The van der Waals surface area contributed by atoms with Crippen molar-refractivity contribution >= 4 is 18.0 Å². The van der Waals surface area contributed by atoms with Gasteiger partial charge in [-0.15, -0.1) is 0 Å². The van der Waals surface area contributed by atoms with Crippen molar-refractivity contribution in [3.63, 3.8) is 0 Å². The number of rotatable bonds is 4. The molecule has 1 aromatic rings. The first-order valence-electron chi connectivity index (χ1n) is 4.01. The van der Waals surface area contributed by atoms with Crippen LogP contribution in [0.4, 0.5) is 5.69 Å². The number of nitrogens with one attached hydrogen (secondary N) is 1. The van der Waals surface area contributed by atoms with Gasteiger partial charge < -0.3 is 20.9 Å². The summed E-state index contributed by atoms with van der Waals surface area (Å²) in [6.45, 7) is 0. The highest BCUT2D eigenvalue weighted by Gasteiger charge is 2.17. The van der Waals surface area contributed by atoms with E-state index in [1.807, 2.05) is 0 Å². The van der Waals surface area contributed by atoms with Gasteiger partial charge in [0.2, 0.25) is 6.41 Å². The van der Waals surface area contributed by atoms with Crippen molar-refractivity contribution in [3.8, 4) is 11.5 Å². The number of hydrogen-bond acceptors (Lipinski definition) is 4. The van der Waals surface area contributed by atoms with Crippen LogP contribution in [-0.4, -0.2) is 24.5 Å².